The third-order valence-corrected chi connectivity index (χ3v) is 8.19. The Labute approximate surface area is 206 Å². The molecule has 1 aliphatic carbocycles. The van der Waals surface area contributed by atoms with Crippen molar-refractivity contribution in [2.75, 3.05) is 37.6 Å². The fourth-order valence-corrected chi connectivity index (χ4v) is 6.29. The molecule has 0 amide bonds. The van der Waals surface area contributed by atoms with Crippen LogP contribution in [0.2, 0.25) is 0 Å². The summed E-state index contributed by atoms with van der Waals surface area (Å²) in [6.45, 7) is 7.76. The predicted molar refractivity (Wildman–Crippen MR) is 140 cm³/mol. The quantitative estimate of drug-likeness (QED) is 0.506. The van der Waals surface area contributed by atoms with E-state index in [-0.39, 0.29) is 5.41 Å². The van der Waals surface area contributed by atoms with Crippen LogP contribution in [0.4, 0.5) is 23.3 Å². The van der Waals surface area contributed by atoms with Gasteiger partial charge in [-0.25, -0.2) is 9.97 Å². The fourth-order valence-electron chi connectivity index (χ4n) is 5.49. The maximum atomic E-state index is 12.4. The summed E-state index contributed by atoms with van der Waals surface area (Å²) in [4.78, 5) is 15.8. The first-order chi connectivity index (χ1) is 16.6. The lowest BCUT2D eigenvalue weighted by Gasteiger charge is -2.45. The average molecular weight is 488 g/mol. The lowest BCUT2D eigenvalue weighted by Crippen LogP contribution is -2.44. The van der Waals surface area contributed by atoms with E-state index in [1.165, 1.54) is 35.7 Å². The Morgan fingerprint density at radius 3 is 2.74 bits per heavy atom. The molecule has 0 spiro atoms. The highest BCUT2D eigenvalue weighted by molar-refractivity contribution is 7.69. The minimum absolute atomic E-state index is 0.207. The van der Waals surface area contributed by atoms with Gasteiger partial charge in [-0.15, -0.1) is 0 Å². The lowest BCUT2D eigenvalue weighted by molar-refractivity contribution is 0.203. The van der Waals surface area contributed by atoms with Gasteiger partial charge in [-0.3, -0.25) is 0 Å². The van der Waals surface area contributed by atoms with Crippen LogP contribution in [-0.4, -0.2) is 46.8 Å². The standard InChI is InChI=1S/C26H30N7OP/c1-26-10-6-7-17-11-20(12-18(23(17)26)15-33(2)16-26)29-25-28-14-19(13-27)24(32-25)31-21-8-5-9-22(30-21)35(3,4)34/h5,8-9,11-12,14H,6-7,10,15-16H2,1-4H3,(H2,28,29,30,31,32)/t26-/m1/s1. The van der Waals surface area contributed by atoms with Gasteiger partial charge in [-0.1, -0.05) is 13.0 Å². The molecule has 3 aromatic rings. The summed E-state index contributed by atoms with van der Waals surface area (Å²) in [5.74, 6) is 1.23. The zero-order valence-electron chi connectivity index (χ0n) is 20.6. The molecule has 1 aliphatic heterocycles. The van der Waals surface area contributed by atoms with E-state index in [0.29, 0.717) is 28.6 Å². The number of pyridine rings is 1. The molecule has 2 N–H and O–H groups in total. The van der Waals surface area contributed by atoms with Crippen LogP contribution < -0.4 is 16.1 Å². The summed E-state index contributed by atoms with van der Waals surface area (Å²) in [6.07, 6.45) is 4.99. The first kappa shape index (κ1) is 23.5. The second kappa shape index (κ2) is 8.75. The first-order valence-electron chi connectivity index (χ1n) is 11.8. The number of hydrogen-bond acceptors (Lipinski definition) is 8. The van der Waals surface area contributed by atoms with E-state index in [1.54, 1.807) is 31.5 Å². The summed E-state index contributed by atoms with van der Waals surface area (Å²) in [5.41, 5.74) is 6.27. The maximum absolute atomic E-state index is 12.4. The molecular formula is C26H30N7OP. The molecule has 2 aliphatic rings. The second-order valence-electron chi connectivity index (χ2n) is 10.3. The number of nitrogens with one attached hydrogen (secondary N) is 2. The van der Waals surface area contributed by atoms with Crippen molar-refractivity contribution in [3.63, 3.8) is 0 Å². The number of benzene rings is 1. The molecule has 3 heterocycles. The van der Waals surface area contributed by atoms with Crippen LogP contribution in [0.5, 0.6) is 0 Å². The molecule has 8 nitrogen and oxygen atoms in total. The zero-order chi connectivity index (χ0) is 24.8. The minimum Gasteiger partial charge on any atom is -0.324 e. The van der Waals surface area contributed by atoms with Gasteiger partial charge in [0, 0.05) is 24.2 Å². The van der Waals surface area contributed by atoms with Crippen molar-refractivity contribution in [3.05, 3.63) is 58.8 Å². The van der Waals surface area contributed by atoms with Crippen LogP contribution in [0.25, 0.3) is 0 Å². The monoisotopic (exact) mass is 487 g/mol. The highest BCUT2D eigenvalue weighted by Gasteiger charge is 2.38. The van der Waals surface area contributed by atoms with Gasteiger partial charge in [-0.2, -0.15) is 10.2 Å². The van der Waals surface area contributed by atoms with Crippen molar-refractivity contribution < 1.29 is 4.57 Å². The van der Waals surface area contributed by atoms with Gasteiger partial charge in [0.1, 0.15) is 30.0 Å². The van der Waals surface area contributed by atoms with E-state index in [1.807, 2.05) is 0 Å². The van der Waals surface area contributed by atoms with Crippen molar-refractivity contribution in [2.24, 2.45) is 0 Å². The molecule has 0 unspecified atom stereocenters. The lowest BCUT2D eigenvalue weighted by atomic mass is 9.67. The van der Waals surface area contributed by atoms with Gasteiger partial charge in [-0.05, 0) is 80.6 Å². The molecule has 1 atom stereocenters. The molecule has 1 aromatic carbocycles. The topological polar surface area (TPSA) is 107 Å². The molecule has 9 heteroatoms. The van der Waals surface area contributed by atoms with Crippen LogP contribution in [0.1, 0.15) is 42.0 Å². The van der Waals surface area contributed by atoms with E-state index in [0.717, 1.165) is 25.2 Å². The highest BCUT2D eigenvalue weighted by atomic mass is 31.2. The number of rotatable bonds is 5. The van der Waals surface area contributed by atoms with Crippen molar-refractivity contribution in [1.29, 1.82) is 5.26 Å². The van der Waals surface area contributed by atoms with Crippen LogP contribution in [0.15, 0.2) is 36.5 Å². The van der Waals surface area contributed by atoms with Crippen LogP contribution in [0.3, 0.4) is 0 Å². The smallest absolute Gasteiger partial charge is 0.229 e. The summed E-state index contributed by atoms with van der Waals surface area (Å²) in [5, 5.41) is 16.0. The zero-order valence-corrected chi connectivity index (χ0v) is 21.5. The third kappa shape index (κ3) is 4.67. The average Bonchev–Trinajstić information content (AvgIpc) is 2.78. The highest BCUT2D eigenvalue weighted by Crippen LogP contribution is 2.44. The predicted octanol–water partition coefficient (Wildman–Crippen LogP) is 4.52. The van der Waals surface area contributed by atoms with Crippen LogP contribution >= 0.6 is 7.14 Å². The van der Waals surface area contributed by atoms with E-state index in [2.05, 4.69) is 62.7 Å². The number of likely N-dealkylation sites (N-methyl/N-ethyl adjacent to an activating group) is 1. The number of nitriles is 1. The van der Waals surface area contributed by atoms with Crippen LogP contribution in [-0.2, 0) is 22.9 Å². The molecule has 0 radical (unpaired) electrons. The Morgan fingerprint density at radius 2 is 1.97 bits per heavy atom. The van der Waals surface area contributed by atoms with Gasteiger partial charge in [0.05, 0.1) is 6.20 Å². The minimum atomic E-state index is -2.52. The summed E-state index contributed by atoms with van der Waals surface area (Å²) < 4.78 is 12.4. The summed E-state index contributed by atoms with van der Waals surface area (Å²) >= 11 is 0. The molecule has 0 bridgehead atoms. The summed E-state index contributed by atoms with van der Waals surface area (Å²) in [6, 6.07) is 11.9. The van der Waals surface area contributed by atoms with Gasteiger partial charge < -0.3 is 20.1 Å². The van der Waals surface area contributed by atoms with Crippen LogP contribution in [0, 0.1) is 11.3 Å². The van der Waals surface area contributed by atoms with Crippen molar-refractivity contribution in [3.8, 4) is 6.07 Å². The second-order valence-corrected chi connectivity index (χ2v) is 13.5. The fraction of sp³-hybridized carbons (Fsp3) is 0.385. The number of aromatic nitrogens is 3. The van der Waals surface area contributed by atoms with Gasteiger partial charge in [0.25, 0.3) is 0 Å². The molecule has 0 fully saturated rings. The molecular weight excluding hydrogens is 457 g/mol. The SMILES string of the molecule is CN1Cc2cc(Nc3ncc(C#N)c(Nc4cccc(P(C)(C)=O)n4)n3)cc3c2[C@](C)(CCC3)C1. The summed E-state index contributed by atoms with van der Waals surface area (Å²) in [7, 11) is -0.332. The Hall–Kier alpha value is -3.27. The molecule has 0 saturated heterocycles. The van der Waals surface area contributed by atoms with E-state index in [4.69, 9.17) is 0 Å². The third-order valence-electron chi connectivity index (χ3n) is 6.84. The first-order valence-corrected chi connectivity index (χ1v) is 14.4. The normalized spacial score (nSPS) is 19.5. The molecule has 2 aromatic heterocycles. The maximum Gasteiger partial charge on any atom is 0.229 e. The van der Waals surface area contributed by atoms with E-state index < -0.39 is 7.14 Å². The Kier molecular flexibility index (Phi) is 5.86. The van der Waals surface area contributed by atoms with Crippen molar-refractivity contribution in [1.82, 2.24) is 19.9 Å². The van der Waals surface area contributed by atoms with E-state index >= 15 is 0 Å². The van der Waals surface area contributed by atoms with Crippen molar-refractivity contribution in [2.45, 2.75) is 38.1 Å². The largest absolute Gasteiger partial charge is 0.324 e. The number of aryl methyl sites for hydroxylation is 1. The number of anilines is 4. The molecule has 180 valence electrons. The van der Waals surface area contributed by atoms with Gasteiger partial charge >= 0.3 is 0 Å². The molecule has 35 heavy (non-hydrogen) atoms. The van der Waals surface area contributed by atoms with E-state index in [9.17, 15) is 9.83 Å². The molecule has 5 rings (SSSR count). The van der Waals surface area contributed by atoms with Gasteiger partial charge in [0.2, 0.25) is 5.95 Å². The Balaban J connectivity index is 1.46. The Bertz CT molecular complexity index is 1390. The number of nitrogens with zero attached hydrogens (tertiary/aromatic N) is 5. The number of hydrogen-bond donors (Lipinski definition) is 2. The van der Waals surface area contributed by atoms with Crippen molar-refractivity contribution >= 4 is 35.8 Å². The molecule has 0 saturated carbocycles. The Morgan fingerprint density at radius 1 is 1.17 bits per heavy atom. The van der Waals surface area contributed by atoms with Gasteiger partial charge in [0.15, 0.2) is 5.82 Å².